The molecule has 21 heavy (non-hydrogen) atoms. The molecule has 6 heteroatoms. The third-order valence-corrected chi connectivity index (χ3v) is 3.59. The number of aromatic nitrogens is 3. The van der Waals surface area contributed by atoms with Gasteiger partial charge in [-0.25, -0.2) is 0 Å². The zero-order chi connectivity index (χ0) is 14.8. The van der Waals surface area contributed by atoms with Crippen LogP contribution in [0, 0.1) is 11.3 Å². The quantitative estimate of drug-likeness (QED) is 0.746. The number of nitrogens with zero attached hydrogens (tertiary/aromatic N) is 5. The van der Waals surface area contributed by atoms with Crippen LogP contribution in [0.3, 0.4) is 0 Å². The van der Waals surface area contributed by atoms with Crippen LogP contribution in [0.1, 0.15) is 11.4 Å². The molecule has 3 aromatic rings. The standard InChI is InChI=1S/C15H12ClN5/c1-20(12-6-5-11(9-17)13(16)8-12)10-15-19-18-14-4-2-3-7-21(14)15/h2-8H,10H2,1H3. The Morgan fingerprint density at radius 1 is 1.29 bits per heavy atom. The lowest BCUT2D eigenvalue weighted by molar-refractivity contribution is 0.821. The minimum atomic E-state index is 0.452. The maximum Gasteiger partial charge on any atom is 0.160 e. The zero-order valence-electron chi connectivity index (χ0n) is 11.4. The van der Waals surface area contributed by atoms with Gasteiger partial charge in [0.2, 0.25) is 0 Å². The highest BCUT2D eigenvalue weighted by Crippen LogP contribution is 2.23. The summed E-state index contributed by atoms with van der Waals surface area (Å²) >= 11 is 6.07. The second-order valence-electron chi connectivity index (χ2n) is 4.68. The molecule has 0 amide bonds. The van der Waals surface area contributed by atoms with Gasteiger partial charge in [-0.3, -0.25) is 4.40 Å². The molecule has 2 aromatic heterocycles. The van der Waals surface area contributed by atoms with Gasteiger partial charge in [-0.15, -0.1) is 10.2 Å². The van der Waals surface area contributed by atoms with Crippen molar-refractivity contribution < 1.29 is 0 Å². The minimum absolute atomic E-state index is 0.452. The average molecular weight is 298 g/mol. The summed E-state index contributed by atoms with van der Waals surface area (Å²) in [6.07, 6.45) is 1.93. The van der Waals surface area contributed by atoms with Gasteiger partial charge in [0.05, 0.1) is 17.1 Å². The summed E-state index contributed by atoms with van der Waals surface area (Å²) in [5.74, 6) is 0.841. The lowest BCUT2D eigenvalue weighted by atomic mass is 10.2. The van der Waals surface area contributed by atoms with Gasteiger partial charge >= 0.3 is 0 Å². The van der Waals surface area contributed by atoms with Crippen molar-refractivity contribution in [2.24, 2.45) is 0 Å². The highest BCUT2D eigenvalue weighted by molar-refractivity contribution is 6.32. The molecule has 0 saturated carbocycles. The molecule has 0 unspecified atom stereocenters. The number of benzene rings is 1. The van der Waals surface area contributed by atoms with Crippen molar-refractivity contribution in [3.8, 4) is 6.07 Å². The van der Waals surface area contributed by atoms with Crippen molar-refractivity contribution in [2.45, 2.75) is 6.54 Å². The van der Waals surface area contributed by atoms with E-state index in [1.165, 1.54) is 0 Å². The normalized spacial score (nSPS) is 10.5. The van der Waals surface area contributed by atoms with Crippen LogP contribution >= 0.6 is 11.6 Å². The van der Waals surface area contributed by atoms with Crippen LogP contribution in [0.25, 0.3) is 5.65 Å². The van der Waals surface area contributed by atoms with Gasteiger partial charge in [0.15, 0.2) is 11.5 Å². The van der Waals surface area contributed by atoms with E-state index in [2.05, 4.69) is 16.3 Å². The molecule has 0 aliphatic heterocycles. The van der Waals surface area contributed by atoms with Crippen molar-refractivity contribution >= 4 is 22.9 Å². The molecular formula is C15H12ClN5. The number of hydrogen-bond donors (Lipinski definition) is 0. The average Bonchev–Trinajstić information content (AvgIpc) is 2.90. The van der Waals surface area contributed by atoms with Crippen molar-refractivity contribution in [3.63, 3.8) is 0 Å². The Balaban J connectivity index is 1.88. The van der Waals surface area contributed by atoms with E-state index >= 15 is 0 Å². The summed E-state index contributed by atoms with van der Waals surface area (Å²) in [5, 5.41) is 17.7. The highest BCUT2D eigenvalue weighted by atomic mass is 35.5. The summed E-state index contributed by atoms with van der Waals surface area (Å²) in [4.78, 5) is 2.01. The van der Waals surface area contributed by atoms with Gasteiger partial charge in [-0.05, 0) is 30.3 Å². The smallest absolute Gasteiger partial charge is 0.160 e. The fraction of sp³-hybridized carbons (Fsp3) is 0.133. The molecule has 2 heterocycles. The van der Waals surface area contributed by atoms with Crippen LogP contribution in [0.15, 0.2) is 42.6 Å². The summed E-state index contributed by atoms with van der Waals surface area (Å²) in [5.41, 5.74) is 2.21. The third kappa shape index (κ3) is 2.54. The van der Waals surface area contributed by atoms with Crippen molar-refractivity contribution in [3.05, 3.63) is 59.0 Å². The summed E-state index contributed by atoms with van der Waals surface area (Å²) in [7, 11) is 1.95. The third-order valence-electron chi connectivity index (χ3n) is 3.28. The molecule has 1 aromatic carbocycles. The Kier molecular flexibility index (Phi) is 3.46. The van der Waals surface area contributed by atoms with E-state index in [4.69, 9.17) is 16.9 Å². The summed E-state index contributed by atoms with van der Waals surface area (Å²) in [6, 6.07) is 13.2. The number of fused-ring (bicyclic) bond motifs is 1. The molecule has 0 bridgehead atoms. The van der Waals surface area contributed by atoms with E-state index in [9.17, 15) is 0 Å². The molecule has 104 valence electrons. The van der Waals surface area contributed by atoms with Crippen LogP contribution in [0.4, 0.5) is 5.69 Å². The van der Waals surface area contributed by atoms with E-state index in [0.717, 1.165) is 17.2 Å². The SMILES string of the molecule is CN(Cc1nnc2ccccn12)c1ccc(C#N)c(Cl)c1. The molecule has 0 N–H and O–H groups in total. The Labute approximate surface area is 127 Å². The largest absolute Gasteiger partial charge is 0.367 e. The van der Waals surface area contributed by atoms with Gasteiger partial charge in [-0.1, -0.05) is 17.7 Å². The van der Waals surface area contributed by atoms with Gasteiger partial charge in [0, 0.05) is 18.9 Å². The van der Waals surface area contributed by atoms with E-state index in [1.54, 1.807) is 12.1 Å². The Morgan fingerprint density at radius 3 is 2.90 bits per heavy atom. The number of pyridine rings is 1. The van der Waals surface area contributed by atoms with E-state index in [1.807, 2.05) is 46.8 Å². The van der Waals surface area contributed by atoms with Crippen molar-refractivity contribution in [2.75, 3.05) is 11.9 Å². The van der Waals surface area contributed by atoms with Gasteiger partial charge in [0.25, 0.3) is 0 Å². The summed E-state index contributed by atoms with van der Waals surface area (Å²) < 4.78 is 1.95. The minimum Gasteiger partial charge on any atom is -0.367 e. The predicted octanol–water partition coefficient (Wildman–Crippen LogP) is 2.89. The first-order valence-corrected chi connectivity index (χ1v) is 6.76. The monoisotopic (exact) mass is 297 g/mol. The van der Waals surface area contributed by atoms with Crippen molar-refractivity contribution in [1.82, 2.24) is 14.6 Å². The number of hydrogen-bond acceptors (Lipinski definition) is 4. The maximum absolute atomic E-state index is 8.90. The Bertz CT molecular complexity index is 833. The number of anilines is 1. The Hall–Kier alpha value is -2.58. The molecule has 0 fully saturated rings. The fourth-order valence-corrected chi connectivity index (χ4v) is 2.35. The molecule has 0 spiro atoms. The van der Waals surface area contributed by atoms with E-state index in [-0.39, 0.29) is 0 Å². The lowest BCUT2D eigenvalue weighted by Gasteiger charge is -2.18. The second kappa shape index (κ2) is 5.43. The first-order chi connectivity index (χ1) is 10.2. The molecule has 0 atom stereocenters. The highest BCUT2D eigenvalue weighted by Gasteiger charge is 2.10. The topological polar surface area (TPSA) is 57.2 Å². The number of halogens is 1. The van der Waals surface area contributed by atoms with E-state index in [0.29, 0.717) is 17.1 Å². The first-order valence-electron chi connectivity index (χ1n) is 6.38. The lowest BCUT2D eigenvalue weighted by Crippen LogP contribution is -2.18. The van der Waals surface area contributed by atoms with E-state index < -0.39 is 0 Å². The molecule has 0 aliphatic carbocycles. The molecule has 3 rings (SSSR count). The molecule has 0 saturated heterocycles. The van der Waals surface area contributed by atoms with Crippen LogP contribution in [-0.4, -0.2) is 21.6 Å². The van der Waals surface area contributed by atoms with Gasteiger partial charge in [-0.2, -0.15) is 5.26 Å². The first kappa shape index (κ1) is 13.4. The fourth-order valence-electron chi connectivity index (χ4n) is 2.13. The number of rotatable bonds is 3. The number of nitriles is 1. The molecule has 0 radical (unpaired) electrons. The van der Waals surface area contributed by atoms with Crippen LogP contribution < -0.4 is 4.90 Å². The van der Waals surface area contributed by atoms with Crippen LogP contribution in [0.5, 0.6) is 0 Å². The van der Waals surface area contributed by atoms with Gasteiger partial charge < -0.3 is 4.90 Å². The predicted molar refractivity (Wildman–Crippen MR) is 81.3 cm³/mol. The Morgan fingerprint density at radius 2 is 2.14 bits per heavy atom. The van der Waals surface area contributed by atoms with Crippen molar-refractivity contribution in [1.29, 1.82) is 5.26 Å². The second-order valence-corrected chi connectivity index (χ2v) is 5.08. The van der Waals surface area contributed by atoms with Crippen LogP contribution in [-0.2, 0) is 6.54 Å². The van der Waals surface area contributed by atoms with Gasteiger partial charge in [0.1, 0.15) is 6.07 Å². The molecule has 0 aliphatic rings. The summed E-state index contributed by atoms with van der Waals surface area (Å²) in [6.45, 7) is 0.591. The zero-order valence-corrected chi connectivity index (χ0v) is 12.1. The maximum atomic E-state index is 8.90. The molecular weight excluding hydrogens is 286 g/mol. The molecule has 5 nitrogen and oxygen atoms in total. The van der Waals surface area contributed by atoms with Crippen LogP contribution in [0.2, 0.25) is 5.02 Å².